The zero-order valence-electron chi connectivity index (χ0n) is 11.2. The van der Waals surface area contributed by atoms with Gasteiger partial charge in [-0.05, 0) is 32.0 Å². The molecule has 0 atom stereocenters. The van der Waals surface area contributed by atoms with E-state index in [1.165, 1.54) is 0 Å². The highest BCUT2D eigenvalue weighted by Crippen LogP contribution is 2.37. The van der Waals surface area contributed by atoms with Gasteiger partial charge in [0.25, 0.3) is 0 Å². The summed E-state index contributed by atoms with van der Waals surface area (Å²) in [6, 6.07) is 5.80. The van der Waals surface area contributed by atoms with E-state index in [1.54, 1.807) is 14.2 Å². The van der Waals surface area contributed by atoms with Crippen molar-refractivity contribution in [2.45, 2.75) is 13.8 Å². The smallest absolute Gasteiger partial charge is 0.145 e. The number of nitrogens with one attached hydrogen (secondary N) is 1. The van der Waals surface area contributed by atoms with Crippen molar-refractivity contribution in [2.75, 3.05) is 26.1 Å². The standard InChI is InChI=1S/C14H18N2O2/c1-5-15-10-8-9(2)16-14-12(18-4)7-6-11(17-3)13(10)14/h6-8H,5H2,1-4H3,(H,15,16). The van der Waals surface area contributed by atoms with Crippen molar-refractivity contribution in [3.63, 3.8) is 0 Å². The second-order valence-electron chi connectivity index (χ2n) is 4.04. The Labute approximate surface area is 107 Å². The van der Waals surface area contributed by atoms with Crippen LogP contribution in [0.3, 0.4) is 0 Å². The minimum Gasteiger partial charge on any atom is -0.496 e. The Kier molecular flexibility index (Phi) is 3.55. The highest BCUT2D eigenvalue weighted by molar-refractivity contribution is 5.99. The number of nitrogens with zero attached hydrogens (tertiary/aromatic N) is 1. The SMILES string of the molecule is CCNc1cc(C)nc2c(OC)ccc(OC)c12. The van der Waals surface area contributed by atoms with Gasteiger partial charge in [0.1, 0.15) is 17.0 Å². The molecule has 2 aromatic rings. The molecule has 96 valence electrons. The van der Waals surface area contributed by atoms with Gasteiger partial charge < -0.3 is 14.8 Å². The topological polar surface area (TPSA) is 43.4 Å². The fraction of sp³-hybridized carbons (Fsp3) is 0.357. The normalized spacial score (nSPS) is 10.4. The lowest BCUT2D eigenvalue weighted by atomic mass is 10.1. The first-order valence-electron chi connectivity index (χ1n) is 5.97. The average Bonchev–Trinajstić information content (AvgIpc) is 2.37. The number of hydrogen-bond donors (Lipinski definition) is 1. The molecule has 0 aliphatic heterocycles. The molecular weight excluding hydrogens is 228 g/mol. The predicted molar refractivity (Wildman–Crippen MR) is 73.7 cm³/mol. The largest absolute Gasteiger partial charge is 0.496 e. The molecule has 0 amide bonds. The van der Waals surface area contributed by atoms with E-state index in [-0.39, 0.29) is 0 Å². The van der Waals surface area contributed by atoms with E-state index in [0.717, 1.165) is 40.3 Å². The predicted octanol–water partition coefficient (Wildman–Crippen LogP) is 2.99. The minimum absolute atomic E-state index is 0.758. The molecule has 0 saturated carbocycles. The third kappa shape index (κ3) is 2.06. The van der Waals surface area contributed by atoms with Crippen LogP contribution in [-0.2, 0) is 0 Å². The van der Waals surface area contributed by atoms with Crippen LogP contribution in [0.2, 0.25) is 0 Å². The van der Waals surface area contributed by atoms with E-state index < -0.39 is 0 Å². The molecule has 2 rings (SSSR count). The van der Waals surface area contributed by atoms with E-state index in [2.05, 4.69) is 17.2 Å². The molecule has 0 saturated heterocycles. The van der Waals surface area contributed by atoms with Crippen molar-refractivity contribution < 1.29 is 9.47 Å². The lowest BCUT2D eigenvalue weighted by Crippen LogP contribution is -2.01. The molecule has 1 N–H and O–H groups in total. The van der Waals surface area contributed by atoms with E-state index in [4.69, 9.17) is 9.47 Å². The number of aromatic nitrogens is 1. The second-order valence-corrected chi connectivity index (χ2v) is 4.04. The lowest BCUT2D eigenvalue weighted by Gasteiger charge is -2.14. The van der Waals surface area contributed by atoms with Crippen LogP contribution in [0, 0.1) is 6.92 Å². The van der Waals surface area contributed by atoms with Crippen LogP contribution in [-0.4, -0.2) is 25.7 Å². The van der Waals surface area contributed by atoms with E-state index in [9.17, 15) is 0 Å². The number of anilines is 1. The number of rotatable bonds is 4. The molecule has 0 aliphatic rings. The summed E-state index contributed by atoms with van der Waals surface area (Å²) in [5.74, 6) is 1.56. The average molecular weight is 246 g/mol. The molecule has 0 aliphatic carbocycles. The van der Waals surface area contributed by atoms with Crippen LogP contribution in [0.4, 0.5) is 5.69 Å². The first-order valence-corrected chi connectivity index (χ1v) is 5.97. The van der Waals surface area contributed by atoms with Crippen LogP contribution in [0.1, 0.15) is 12.6 Å². The Bertz CT molecular complexity index is 567. The molecule has 0 fully saturated rings. The second kappa shape index (κ2) is 5.12. The van der Waals surface area contributed by atoms with Gasteiger partial charge in [-0.2, -0.15) is 0 Å². The van der Waals surface area contributed by atoms with Crippen molar-refractivity contribution in [3.05, 3.63) is 23.9 Å². The van der Waals surface area contributed by atoms with Crippen LogP contribution >= 0.6 is 0 Å². The lowest BCUT2D eigenvalue weighted by molar-refractivity contribution is 0.410. The minimum atomic E-state index is 0.758. The number of ether oxygens (including phenoxy) is 2. The van der Waals surface area contributed by atoms with Crippen molar-refractivity contribution in [3.8, 4) is 11.5 Å². The van der Waals surface area contributed by atoms with Gasteiger partial charge in [-0.15, -0.1) is 0 Å². The first kappa shape index (κ1) is 12.5. The number of aryl methyl sites for hydroxylation is 1. The van der Waals surface area contributed by atoms with Crippen molar-refractivity contribution >= 4 is 16.6 Å². The van der Waals surface area contributed by atoms with Gasteiger partial charge in [0, 0.05) is 17.9 Å². The summed E-state index contributed by atoms with van der Waals surface area (Å²) in [6.07, 6.45) is 0. The Morgan fingerprint density at radius 1 is 1.17 bits per heavy atom. The molecule has 0 unspecified atom stereocenters. The molecule has 4 heteroatoms. The van der Waals surface area contributed by atoms with Crippen molar-refractivity contribution in [1.29, 1.82) is 0 Å². The summed E-state index contributed by atoms with van der Waals surface area (Å²) in [4.78, 5) is 4.55. The van der Waals surface area contributed by atoms with E-state index in [1.807, 2.05) is 25.1 Å². The van der Waals surface area contributed by atoms with Gasteiger partial charge in [0.2, 0.25) is 0 Å². The van der Waals surface area contributed by atoms with Gasteiger partial charge in [-0.25, -0.2) is 4.98 Å². The molecular formula is C14H18N2O2. The molecule has 0 radical (unpaired) electrons. The summed E-state index contributed by atoms with van der Waals surface area (Å²) in [5, 5.41) is 4.30. The Hall–Kier alpha value is -1.97. The Morgan fingerprint density at radius 3 is 2.44 bits per heavy atom. The Morgan fingerprint density at radius 2 is 1.83 bits per heavy atom. The molecule has 1 heterocycles. The summed E-state index contributed by atoms with van der Waals surface area (Å²) in [6.45, 7) is 4.88. The van der Waals surface area contributed by atoms with Gasteiger partial charge in [0.15, 0.2) is 0 Å². The third-order valence-corrected chi connectivity index (χ3v) is 2.82. The number of hydrogen-bond acceptors (Lipinski definition) is 4. The van der Waals surface area contributed by atoms with Gasteiger partial charge in [0.05, 0.1) is 19.6 Å². The van der Waals surface area contributed by atoms with Crippen LogP contribution < -0.4 is 14.8 Å². The fourth-order valence-electron chi connectivity index (χ4n) is 2.08. The molecule has 0 bridgehead atoms. The summed E-state index contributed by atoms with van der Waals surface area (Å²) >= 11 is 0. The first-order chi connectivity index (χ1) is 8.71. The summed E-state index contributed by atoms with van der Waals surface area (Å²) in [5.41, 5.74) is 2.80. The van der Waals surface area contributed by atoms with E-state index >= 15 is 0 Å². The van der Waals surface area contributed by atoms with Gasteiger partial charge in [-0.1, -0.05) is 0 Å². The van der Waals surface area contributed by atoms with Gasteiger partial charge >= 0.3 is 0 Å². The van der Waals surface area contributed by atoms with Gasteiger partial charge in [-0.3, -0.25) is 0 Å². The highest BCUT2D eigenvalue weighted by Gasteiger charge is 2.13. The highest BCUT2D eigenvalue weighted by atomic mass is 16.5. The number of pyridine rings is 1. The van der Waals surface area contributed by atoms with Crippen LogP contribution in [0.5, 0.6) is 11.5 Å². The quantitative estimate of drug-likeness (QED) is 0.900. The molecule has 1 aromatic heterocycles. The van der Waals surface area contributed by atoms with Crippen LogP contribution in [0.25, 0.3) is 10.9 Å². The monoisotopic (exact) mass is 246 g/mol. The third-order valence-electron chi connectivity index (χ3n) is 2.82. The van der Waals surface area contributed by atoms with Crippen molar-refractivity contribution in [1.82, 2.24) is 4.98 Å². The number of benzene rings is 1. The zero-order chi connectivity index (χ0) is 13.1. The maximum absolute atomic E-state index is 5.42. The maximum Gasteiger partial charge on any atom is 0.145 e. The number of methoxy groups -OCH3 is 2. The molecule has 1 aromatic carbocycles. The van der Waals surface area contributed by atoms with Crippen molar-refractivity contribution in [2.24, 2.45) is 0 Å². The maximum atomic E-state index is 5.42. The summed E-state index contributed by atoms with van der Waals surface area (Å²) < 4.78 is 10.8. The molecule has 4 nitrogen and oxygen atoms in total. The fourth-order valence-corrected chi connectivity index (χ4v) is 2.08. The molecule has 18 heavy (non-hydrogen) atoms. The molecule has 0 spiro atoms. The zero-order valence-corrected chi connectivity index (χ0v) is 11.2. The summed E-state index contributed by atoms with van der Waals surface area (Å²) in [7, 11) is 3.31. The van der Waals surface area contributed by atoms with Crippen LogP contribution in [0.15, 0.2) is 18.2 Å². The Balaban J connectivity index is 2.82. The number of fused-ring (bicyclic) bond motifs is 1. The van der Waals surface area contributed by atoms with E-state index in [0.29, 0.717) is 0 Å².